The number of aromatic amines is 1. The SMILES string of the molecule is S=c1[nH]nc(-c2cccs2)n1CCC1CCC1. The van der Waals surface area contributed by atoms with Crippen molar-refractivity contribution in [1.82, 2.24) is 14.8 Å². The first kappa shape index (κ1) is 11.2. The highest BCUT2D eigenvalue weighted by Gasteiger charge is 2.18. The van der Waals surface area contributed by atoms with Gasteiger partial charge in [0.2, 0.25) is 0 Å². The van der Waals surface area contributed by atoms with E-state index in [4.69, 9.17) is 12.2 Å². The largest absolute Gasteiger partial charge is 0.299 e. The minimum absolute atomic E-state index is 0.743. The molecule has 3 rings (SSSR count). The predicted octanol–water partition coefficient (Wildman–Crippen LogP) is 3.86. The van der Waals surface area contributed by atoms with Gasteiger partial charge in [-0.25, -0.2) is 0 Å². The molecule has 5 heteroatoms. The first-order valence-electron chi connectivity index (χ1n) is 6.03. The monoisotopic (exact) mass is 265 g/mol. The molecule has 2 aromatic heterocycles. The maximum atomic E-state index is 5.30. The quantitative estimate of drug-likeness (QED) is 0.852. The number of nitrogens with zero attached hydrogens (tertiary/aromatic N) is 2. The van der Waals surface area contributed by atoms with Gasteiger partial charge < -0.3 is 0 Å². The summed E-state index contributed by atoms with van der Waals surface area (Å²) in [7, 11) is 0. The molecule has 1 aliphatic rings. The lowest BCUT2D eigenvalue weighted by atomic mass is 9.83. The Morgan fingerprint density at radius 3 is 3.06 bits per heavy atom. The zero-order valence-electron chi connectivity index (χ0n) is 9.56. The van der Waals surface area contributed by atoms with Gasteiger partial charge in [0.1, 0.15) is 0 Å². The Hall–Kier alpha value is -0.940. The molecule has 0 radical (unpaired) electrons. The highest BCUT2D eigenvalue weighted by molar-refractivity contribution is 7.71. The molecule has 0 bridgehead atoms. The zero-order valence-corrected chi connectivity index (χ0v) is 11.2. The lowest BCUT2D eigenvalue weighted by Crippen LogP contribution is -2.14. The van der Waals surface area contributed by atoms with Crippen molar-refractivity contribution in [2.75, 3.05) is 0 Å². The average molecular weight is 265 g/mol. The summed E-state index contributed by atoms with van der Waals surface area (Å²) in [4.78, 5) is 1.19. The molecule has 1 saturated carbocycles. The molecule has 0 unspecified atom stereocenters. The van der Waals surface area contributed by atoms with Gasteiger partial charge in [-0.05, 0) is 36.0 Å². The van der Waals surface area contributed by atoms with Gasteiger partial charge in [-0.2, -0.15) is 5.10 Å². The van der Waals surface area contributed by atoms with E-state index >= 15 is 0 Å². The van der Waals surface area contributed by atoms with E-state index in [1.165, 1.54) is 30.6 Å². The molecule has 2 heterocycles. The standard InChI is InChI=1S/C12H15N3S2/c16-12-14-13-11(10-5-2-8-17-10)15(12)7-6-9-3-1-4-9/h2,5,8-9H,1,3-4,6-7H2,(H,14,16). The normalized spacial score (nSPS) is 16.0. The van der Waals surface area contributed by atoms with Crippen molar-refractivity contribution in [1.29, 1.82) is 0 Å². The van der Waals surface area contributed by atoms with E-state index in [1.807, 2.05) is 6.07 Å². The van der Waals surface area contributed by atoms with E-state index in [9.17, 15) is 0 Å². The number of rotatable bonds is 4. The third-order valence-corrected chi connectivity index (χ3v) is 4.66. The van der Waals surface area contributed by atoms with E-state index in [0.29, 0.717) is 0 Å². The summed E-state index contributed by atoms with van der Waals surface area (Å²) in [5, 5.41) is 9.32. The first-order chi connectivity index (χ1) is 8.34. The summed E-state index contributed by atoms with van der Waals surface area (Å²) in [6.07, 6.45) is 5.41. The summed E-state index contributed by atoms with van der Waals surface area (Å²) in [5.41, 5.74) is 0. The minimum Gasteiger partial charge on any atom is -0.299 e. The van der Waals surface area contributed by atoms with E-state index in [2.05, 4.69) is 26.2 Å². The van der Waals surface area contributed by atoms with Crippen molar-refractivity contribution >= 4 is 23.6 Å². The summed E-state index contributed by atoms with van der Waals surface area (Å²) in [5.74, 6) is 1.90. The van der Waals surface area contributed by atoms with Gasteiger partial charge in [0.15, 0.2) is 10.6 Å². The maximum absolute atomic E-state index is 5.30. The van der Waals surface area contributed by atoms with Crippen molar-refractivity contribution in [2.24, 2.45) is 5.92 Å². The van der Waals surface area contributed by atoms with Gasteiger partial charge >= 0.3 is 0 Å². The number of hydrogen-bond acceptors (Lipinski definition) is 3. The Kier molecular flexibility index (Phi) is 3.11. The number of hydrogen-bond donors (Lipinski definition) is 1. The molecular weight excluding hydrogens is 250 g/mol. The fourth-order valence-electron chi connectivity index (χ4n) is 2.21. The van der Waals surface area contributed by atoms with Crippen molar-refractivity contribution in [3.8, 4) is 10.7 Å². The van der Waals surface area contributed by atoms with Crippen molar-refractivity contribution in [3.63, 3.8) is 0 Å². The molecule has 1 fully saturated rings. The van der Waals surface area contributed by atoms with Gasteiger partial charge in [-0.15, -0.1) is 11.3 Å². The summed E-state index contributed by atoms with van der Waals surface area (Å²) in [6, 6.07) is 4.14. The highest BCUT2D eigenvalue weighted by atomic mass is 32.1. The smallest absolute Gasteiger partial charge is 0.195 e. The molecule has 0 aliphatic heterocycles. The van der Waals surface area contributed by atoms with Crippen LogP contribution in [0.15, 0.2) is 17.5 Å². The van der Waals surface area contributed by atoms with Crippen LogP contribution in [0, 0.1) is 10.7 Å². The van der Waals surface area contributed by atoms with Crippen LogP contribution in [0.5, 0.6) is 0 Å². The van der Waals surface area contributed by atoms with Crippen LogP contribution in [0.1, 0.15) is 25.7 Å². The Morgan fingerprint density at radius 1 is 1.53 bits per heavy atom. The van der Waals surface area contributed by atoms with Crippen LogP contribution in [-0.2, 0) is 6.54 Å². The Morgan fingerprint density at radius 2 is 2.41 bits per heavy atom. The van der Waals surface area contributed by atoms with Crippen LogP contribution >= 0.6 is 23.6 Å². The number of aromatic nitrogens is 3. The van der Waals surface area contributed by atoms with Gasteiger partial charge in [0.05, 0.1) is 4.88 Å². The fourth-order valence-corrected chi connectivity index (χ4v) is 3.16. The molecule has 0 aromatic carbocycles. The first-order valence-corrected chi connectivity index (χ1v) is 7.32. The van der Waals surface area contributed by atoms with Gasteiger partial charge in [0.25, 0.3) is 0 Å². The molecule has 0 amide bonds. The topological polar surface area (TPSA) is 33.6 Å². The van der Waals surface area contributed by atoms with Crippen LogP contribution in [0.3, 0.4) is 0 Å². The van der Waals surface area contributed by atoms with Crippen LogP contribution < -0.4 is 0 Å². The van der Waals surface area contributed by atoms with Crippen LogP contribution in [0.2, 0.25) is 0 Å². The Balaban J connectivity index is 1.82. The van der Waals surface area contributed by atoms with Crippen LogP contribution in [-0.4, -0.2) is 14.8 Å². The molecule has 17 heavy (non-hydrogen) atoms. The highest BCUT2D eigenvalue weighted by Crippen LogP contribution is 2.30. The molecule has 3 nitrogen and oxygen atoms in total. The molecule has 2 aromatic rings. The molecule has 1 aliphatic carbocycles. The van der Waals surface area contributed by atoms with Crippen LogP contribution in [0.4, 0.5) is 0 Å². The number of nitrogens with one attached hydrogen (secondary N) is 1. The Bertz CT molecular complexity index is 534. The second-order valence-corrected chi connectivity index (χ2v) is 5.90. The van der Waals surface area contributed by atoms with Crippen LogP contribution in [0.25, 0.3) is 10.7 Å². The number of H-pyrrole nitrogens is 1. The lowest BCUT2D eigenvalue weighted by Gasteiger charge is -2.25. The second-order valence-electron chi connectivity index (χ2n) is 4.57. The van der Waals surface area contributed by atoms with Crippen molar-refractivity contribution in [2.45, 2.75) is 32.2 Å². The molecule has 90 valence electrons. The zero-order chi connectivity index (χ0) is 11.7. The Labute approximate surface area is 109 Å². The third kappa shape index (κ3) is 2.21. The lowest BCUT2D eigenvalue weighted by molar-refractivity contribution is 0.282. The van der Waals surface area contributed by atoms with Gasteiger partial charge in [0, 0.05) is 6.54 Å². The third-order valence-electron chi connectivity index (χ3n) is 3.49. The van der Waals surface area contributed by atoms with Gasteiger partial charge in [-0.3, -0.25) is 9.67 Å². The maximum Gasteiger partial charge on any atom is 0.195 e. The fraction of sp³-hybridized carbons (Fsp3) is 0.500. The average Bonchev–Trinajstić information content (AvgIpc) is 2.86. The van der Waals surface area contributed by atoms with Crippen molar-refractivity contribution in [3.05, 3.63) is 22.3 Å². The van der Waals surface area contributed by atoms with E-state index in [1.54, 1.807) is 11.3 Å². The molecular formula is C12H15N3S2. The summed E-state index contributed by atoms with van der Waals surface area (Å²) in [6.45, 7) is 0.993. The summed E-state index contributed by atoms with van der Waals surface area (Å²) < 4.78 is 2.88. The van der Waals surface area contributed by atoms with E-state index in [-0.39, 0.29) is 0 Å². The molecule has 0 saturated heterocycles. The molecule has 0 spiro atoms. The van der Waals surface area contributed by atoms with Gasteiger partial charge in [-0.1, -0.05) is 25.3 Å². The predicted molar refractivity (Wildman–Crippen MR) is 72.7 cm³/mol. The minimum atomic E-state index is 0.743. The number of thiophene rings is 1. The second kappa shape index (κ2) is 4.74. The van der Waals surface area contributed by atoms with E-state index < -0.39 is 0 Å². The molecule has 0 atom stereocenters. The van der Waals surface area contributed by atoms with Crippen molar-refractivity contribution < 1.29 is 0 Å². The summed E-state index contributed by atoms with van der Waals surface area (Å²) >= 11 is 7.01. The van der Waals surface area contributed by atoms with E-state index in [0.717, 1.165) is 23.1 Å². The molecule has 1 N–H and O–H groups in total.